The summed E-state index contributed by atoms with van der Waals surface area (Å²) in [5.41, 5.74) is 2.04. The van der Waals surface area contributed by atoms with E-state index in [1.165, 1.54) is 37.7 Å². The third-order valence-corrected chi connectivity index (χ3v) is 5.50. The zero-order valence-electron chi connectivity index (χ0n) is 14.7. The molecule has 2 aromatic carbocycles. The van der Waals surface area contributed by atoms with E-state index in [-0.39, 0.29) is 11.7 Å². The summed E-state index contributed by atoms with van der Waals surface area (Å²) in [7, 11) is 0. The number of benzene rings is 2. The second kappa shape index (κ2) is 7.88. The van der Waals surface area contributed by atoms with Crippen molar-refractivity contribution in [2.24, 2.45) is 0 Å². The van der Waals surface area contributed by atoms with Crippen molar-refractivity contribution < 1.29 is 9.84 Å². The van der Waals surface area contributed by atoms with Gasteiger partial charge in [0.05, 0.1) is 10.0 Å². The highest BCUT2D eigenvalue weighted by molar-refractivity contribution is 6.37. The van der Waals surface area contributed by atoms with E-state index in [2.05, 4.69) is 0 Å². The molecule has 25 heavy (non-hydrogen) atoms. The number of hydrogen-bond donors (Lipinski definition) is 1. The third-order valence-electron chi connectivity index (χ3n) is 4.94. The van der Waals surface area contributed by atoms with Crippen LogP contribution in [-0.2, 0) is 0 Å². The Morgan fingerprint density at radius 3 is 2.24 bits per heavy atom. The Bertz CT molecular complexity index is 727. The summed E-state index contributed by atoms with van der Waals surface area (Å²) in [6.45, 7) is 4.05. The number of phenolic OH excluding ortho intramolecular Hbond substituents is 1. The van der Waals surface area contributed by atoms with Gasteiger partial charge in [0.25, 0.3) is 0 Å². The molecule has 0 unspecified atom stereocenters. The first-order valence-corrected chi connectivity index (χ1v) is 9.71. The molecule has 1 N–H and O–H groups in total. The van der Waals surface area contributed by atoms with E-state index in [0.29, 0.717) is 27.5 Å². The first-order chi connectivity index (χ1) is 12.0. The molecule has 0 aromatic heterocycles. The van der Waals surface area contributed by atoms with Gasteiger partial charge in [0.1, 0.15) is 11.5 Å². The fourth-order valence-corrected chi connectivity index (χ4v) is 4.11. The molecule has 3 rings (SSSR count). The molecule has 134 valence electrons. The van der Waals surface area contributed by atoms with Gasteiger partial charge in [-0.3, -0.25) is 0 Å². The number of rotatable bonds is 4. The summed E-state index contributed by atoms with van der Waals surface area (Å²) in [5.74, 6) is 2.10. The molecule has 0 heterocycles. The summed E-state index contributed by atoms with van der Waals surface area (Å²) in [4.78, 5) is 0. The topological polar surface area (TPSA) is 29.5 Å². The zero-order chi connectivity index (χ0) is 18.0. The van der Waals surface area contributed by atoms with Crippen molar-refractivity contribution in [2.75, 3.05) is 0 Å². The van der Waals surface area contributed by atoms with Crippen molar-refractivity contribution in [1.29, 1.82) is 0 Å². The van der Waals surface area contributed by atoms with Crippen LogP contribution in [0.2, 0.25) is 10.0 Å². The van der Waals surface area contributed by atoms with E-state index in [1.54, 1.807) is 12.1 Å². The Kier molecular flexibility index (Phi) is 5.81. The average Bonchev–Trinajstić information content (AvgIpc) is 2.60. The van der Waals surface area contributed by atoms with Crippen LogP contribution in [0.3, 0.4) is 0 Å². The number of hydrogen-bond acceptors (Lipinski definition) is 2. The SMILES string of the molecule is CC(C)c1cc(Oc2c(Cl)cc(C3CCCCC3)cc2Cl)ccc1O. The van der Waals surface area contributed by atoms with Gasteiger partial charge in [0.15, 0.2) is 5.75 Å². The van der Waals surface area contributed by atoms with E-state index in [0.717, 1.165) is 5.56 Å². The number of aromatic hydroxyl groups is 1. The minimum Gasteiger partial charge on any atom is -0.508 e. The summed E-state index contributed by atoms with van der Waals surface area (Å²) < 4.78 is 5.95. The Labute approximate surface area is 159 Å². The van der Waals surface area contributed by atoms with Gasteiger partial charge >= 0.3 is 0 Å². The zero-order valence-corrected chi connectivity index (χ0v) is 16.2. The second-order valence-corrected chi connectivity index (χ2v) is 7.94. The third kappa shape index (κ3) is 4.24. The molecule has 1 aliphatic rings. The van der Waals surface area contributed by atoms with Gasteiger partial charge in [-0.05, 0) is 60.6 Å². The van der Waals surface area contributed by atoms with Crippen molar-refractivity contribution in [2.45, 2.75) is 57.8 Å². The van der Waals surface area contributed by atoms with Crippen LogP contribution in [0.5, 0.6) is 17.2 Å². The van der Waals surface area contributed by atoms with E-state index >= 15 is 0 Å². The largest absolute Gasteiger partial charge is 0.508 e. The number of halogens is 2. The van der Waals surface area contributed by atoms with Gasteiger partial charge in [-0.15, -0.1) is 0 Å². The van der Waals surface area contributed by atoms with E-state index in [4.69, 9.17) is 27.9 Å². The van der Waals surface area contributed by atoms with Crippen LogP contribution in [0.25, 0.3) is 0 Å². The Morgan fingerprint density at radius 2 is 1.64 bits per heavy atom. The fourth-order valence-electron chi connectivity index (χ4n) is 3.52. The van der Waals surface area contributed by atoms with Gasteiger partial charge in [0.2, 0.25) is 0 Å². The maximum Gasteiger partial charge on any atom is 0.164 e. The predicted molar refractivity (Wildman–Crippen MR) is 105 cm³/mol. The van der Waals surface area contributed by atoms with Gasteiger partial charge in [-0.1, -0.05) is 56.3 Å². The molecule has 4 heteroatoms. The Morgan fingerprint density at radius 1 is 1.00 bits per heavy atom. The lowest BCUT2D eigenvalue weighted by Gasteiger charge is -2.23. The lowest BCUT2D eigenvalue weighted by atomic mass is 9.84. The normalized spacial score (nSPS) is 15.6. The standard InChI is InChI=1S/C21H24Cl2O2/c1-13(2)17-12-16(8-9-20(17)24)25-21-18(22)10-15(11-19(21)23)14-6-4-3-5-7-14/h8-14,24H,3-7H2,1-2H3. The van der Waals surface area contributed by atoms with Gasteiger partial charge in [-0.2, -0.15) is 0 Å². The van der Waals surface area contributed by atoms with Crippen molar-refractivity contribution in [1.82, 2.24) is 0 Å². The minimum atomic E-state index is 0.197. The molecule has 0 saturated heterocycles. The van der Waals surface area contributed by atoms with E-state index in [9.17, 15) is 5.11 Å². The highest BCUT2D eigenvalue weighted by Gasteiger charge is 2.19. The van der Waals surface area contributed by atoms with Crippen LogP contribution in [-0.4, -0.2) is 5.11 Å². The van der Waals surface area contributed by atoms with Crippen LogP contribution in [0, 0.1) is 0 Å². The van der Waals surface area contributed by atoms with Crippen molar-refractivity contribution in [3.8, 4) is 17.2 Å². The predicted octanol–water partition coefficient (Wildman–Crippen LogP) is 7.66. The molecule has 2 nitrogen and oxygen atoms in total. The maximum absolute atomic E-state index is 9.95. The van der Waals surface area contributed by atoms with Crippen molar-refractivity contribution in [3.63, 3.8) is 0 Å². The van der Waals surface area contributed by atoms with Crippen molar-refractivity contribution >= 4 is 23.2 Å². The molecule has 1 saturated carbocycles. The lowest BCUT2D eigenvalue weighted by Crippen LogP contribution is -2.04. The molecular formula is C21H24Cl2O2. The van der Waals surface area contributed by atoms with Crippen LogP contribution in [0.15, 0.2) is 30.3 Å². The number of phenols is 1. The smallest absolute Gasteiger partial charge is 0.164 e. The van der Waals surface area contributed by atoms with Crippen LogP contribution in [0.1, 0.15) is 68.9 Å². The molecule has 0 amide bonds. The minimum absolute atomic E-state index is 0.197. The van der Waals surface area contributed by atoms with Crippen molar-refractivity contribution in [3.05, 3.63) is 51.5 Å². The van der Waals surface area contributed by atoms with Gasteiger partial charge in [0, 0.05) is 5.56 Å². The molecule has 0 atom stereocenters. The van der Waals surface area contributed by atoms with E-state index < -0.39 is 0 Å². The molecule has 0 bridgehead atoms. The monoisotopic (exact) mass is 378 g/mol. The first-order valence-electron chi connectivity index (χ1n) is 8.95. The summed E-state index contributed by atoms with van der Waals surface area (Å²) >= 11 is 13.0. The Hall–Kier alpha value is -1.38. The summed E-state index contributed by atoms with van der Waals surface area (Å²) in [6, 6.07) is 9.18. The summed E-state index contributed by atoms with van der Waals surface area (Å²) in [5, 5.41) is 11.0. The Balaban J connectivity index is 1.87. The second-order valence-electron chi connectivity index (χ2n) is 7.13. The van der Waals surface area contributed by atoms with E-state index in [1.807, 2.05) is 32.0 Å². The molecule has 1 fully saturated rings. The number of ether oxygens (including phenoxy) is 1. The summed E-state index contributed by atoms with van der Waals surface area (Å²) in [6.07, 6.45) is 6.25. The quantitative estimate of drug-likeness (QED) is 0.591. The van der Waals surface area contributed by atoms with Gasteiger partial charge < -0.3 is 9.84 Å². The maximum atomic E-state index is 9.95. The molecular weight excluding hydrogens is 355 g/mol. The average molecular weight is 379 g/mol. The first kappa shape index (κ1) is 18.4. The molecule has 0 aliphatic heterocycles. The molecule has 0 spiro atoms. The molecule has 0 radical (unpaired) electrons. The van der Waals surface area contributed by atoms with Gasteiger partial charge in [-0.25, -0.2) is 0 Å². The highest BCUT2D eigenvalue weighted by Crippen LogP contribution is 2.42. The van der Waals surface area contributed by atoms with Crippen LogP contribution >= 0.6 is 23.2 Å². The molecule has 2 aromatic rings. The lowest BCUT2D eigenvalue weighted by molar-refractivity contribution is 0.442. The highest BCUT2D eigenvalue weighted by atomic mass is 35.5. The van der Waals surface area contributed by atoms with Crippen LogP contribution in [0.4, 0.5) is 0 Å². The molecule has 1 aliphatic carbocycles. The fraction of sp³-hybridized carbons (Fsp3) is 0.429. The van der Waals surface area contributed by atoms with Crippen LogP contribution < -0.4 is 4.74 Å².